The standard InChI is InChI=1S/C59H60BF3N2O/c1-54(2,3)36-21-24-46(40(29-36)35-17-13-12-14-18-35)65-49-31-37(59(61,62)63)30-48-51(49)60(53-52(65)39-19-15-16-20-50(39)66-53)45-33-43-44(58(10,11)28-27-57(43,8)9)34-47(45)64(48)38-22-23-41-42(32-38)56(6,7)26-25-55(41,4)5/h12-24,29-34H,25-28H2,1-11H3. The van der Waals surface area contributed by atoms with E-state index in [1.165, 1.54) is 34.4 Å². The summed E-state index contributed by atoms with van der Waals surface area (Å²) in [6, 6.07) is 39.1. The lowest BCUT2D eigenvalue weighted by Crippen LogP contribution is -2.61. The van der Waals surface area contributed by atoms with Gasteiger partial charge in [0.2, 0.25) is 0 Å². The van der Waals surface area contributed by atoms with E-state index in [2.05, 4.69) is 153 Å². The van der Waals surface area contributed by atoms with E-state index in [-0.39, 0.29) is 27.1 Å². The van der Waals surface area contributed by atoms with Gasteiger partial charge in [-0.15, -0.1) is 0 Å². The second kappa shape index (κ2) is 13.9. The second-order valence-electron chi connectivity index (χ2n) is 23.4. The summed E-state index contributed by atoms with van der Waals surface area (Å²) in [5.74, 6) is 0. The number of benzene rings is 6. The third kappa shape index (κ3) is 6.38. The number of nitrogens with zero attached hydrogens (tertiary/aromatic N) is 2. The van der Waals surface area contributed by atoms with E-state index < -0.39 is 18.5 Å². The van der Waals surface area contributed by atoms with Crippen molar-refractivity contribution in [1.29, 1.82) is 0 Å². The van der Waals surface area contributed by atoms with Crippen LogP contribution in [-0.4, -0.2) is 6.71 Å². The summed E-state index contributed by atoms with van der Waals surface area (Å²) in [7, 11) is 0. The van der Waals surface area contributed by atoms with Crippen molar-refractivity contribution in [3.63, 3.8) is 0 Å². The molecule has 0 atom stereocenters. The smallest absolute Gasteiger partial charge is 0.416 e. The zero-order valence-electron chi connectivity index (χ0n) is 40.3. The van der Waals surface area contributed by atoms with Crippen LogP contribution in [0.2, 0.25) is 0 Å². The second-order valence-corrected chi connectivity index (χ2v) is 23.4. The molecule has 0 spiro atoms. The Morgan fingerprint density at radius 1 is 0.530 bits per heavy atom. The van der Waals surface area contributed by atoms with Crippen LogP contribution in [0.1, 0.15) is 135 Å². The van der Waals surface area contributed by atoms with Gasteiger partial charge in [0.05, 0.1) is 22.6 Å². The first-order valence-corrected chi connectivity index (χ1v) is 23.9. The molecule has 0 saturated heterocycles. The molecule has 0 amide bonds. The number of fused-ring (bicyclic) bond motifs is 8. The minimum absolute atomic E-state index is 0.0322. The summed E-state index contributed by atoms with van der Waals surface area (Å²) in [6.07, 6.45) is -0.512. The molecule has 0 fully saturated rings. The van der Waals surface area contributed by atoms with Gasteiger partial charge in [0.1, 0.15) is 5.58 Å². The first-order valence-electron chi connectivity index (χ1n) is 23.9. The van der Waals surface area contributed by atoms with Gasteiger partial charge in [0.25, 0.3) is 6.71 Å². The molecule has 2 aliphatic carbocycles. The normalized spacial score (nSPS) is 18.6. The van der Waals surface area contributed by atoms with Gasteiger partial charge in [0, 0.05) is 33.7 Å². The van der Waals surface area contributed by atoms with Crippen molar-refractivity contribution in [3.8, 4) is 11.1 Å². The molecule has 0 radical (unpaired) electrons. The zero-order chi connectivity index (χ0) is 46.7. The predicted octanol–water partition coefficient (Wildman–Crippen LogP) is 15.2. The molecular formula is C59H60BF3N2O. The summed E-state index contributed by atoms with van der Waals surface area (Å²) >= 11 is 0. The van der Waals surface area contributed by atoms with Crippen molar-refractivity contribution in [3.05, 3.63) is 149 Å². The largest absolute Gasteiger partial charge is 0.468 e. The van der Waals surface area contributed by atoms with Gasteiger partial charge in [0.15, 0.2) is 0 Å². The molecule has 7 aromatic rings. The van der Waals surface area contributed by atoms with Crippen molar-refractivity contribution >= 4 is 68.4 Å². The number of alkyl halides is 3. The number of anilines is 6. The number of hydrogen-bond acceptors (Lipinski definition) is 3. The minimum Gasteiger partial charge on any atom is -0.468 e. The van der Waals surface area contributed by atoms with Gasteiger partial charge in [-0.05, 0) is 152 Å². The number of halogens is 3. The third-order valence-corrected chi connectivity index (χ3v) is 16.2. The summed E-state index contributed by atoms with van der Waals surface area (Å²) in [6.45, 7) is 24.7. The average molecular weight is 881 g/mol. The number of rotatable bonds is 3. The van der Waals surface area contributed by atoms with Crippen LogP contribution in [0.15, 0.2) is 120 Å². The van der Waals surface area contributed by atoms with Crippen LogP contribution in [0.25, 0.3) is 22.1 Å². The zero-order valence-corrected chi connectivity index (χ0v) is 40.3. The predicted molar refractivity (Wildman–Crippen MR) is 270 cm³/mol. The van der Waals surface area contributed by atoms with Crippen LogP contribution in [0.4, 0.5) is 47.3 Å². The molecule has 4 aliphatic rings. The van der Waals surface area contributed by atoms with Gasteiger partial charge in [-0.25, -0.2) is 0 Å². The van der Waals surface area contributed by atoms with Gasteiger partial charge in [-0.3, -0.25) is 0 Å². The fourth-order valence-corrected chi connectivity index (χ4v) is 11.9. The first-order chi connectivity index (χ1) is 31.0. The SMILES string of the molecule is CC(C)(C)c1ccc(N2c3cc(C(F)(F)F)cc4c3B(c3cc5c(cc3N4c3ccc4c(c3)C(C)(C)CCC4(C)C)C(C)(C)CCC5(C)C)c3oc4ccccc4c32)c(-c2ccccc2)c1. The lowest BCUT2D eigenvalue weighted by atomic mass is 9.35. The number of hydrogen-bond donors (Lipinski definition) is 0. The highest BCUT2D eigenvalue weighted by Gasteiger charge is 2.51. The molecule has 3 nitrogen and oxygen atoms in total. The maximum Gasteiger partial charge on any atom is 0.416 e. The summed E-state index contributed by atoms with van der Waals surface area (Å²) in [5, 5.41) is 0.860. The first kappa shape index (κ1) is 42.9. The van der Waals surface area contributed by atoms with Gasteiger partial charge in [-0.2, -0.15) is 13.2 Å². The molecule has 0 saturated carbocycles. The highest BCUT2D eigenvalue weighted by atomic mass is 19.4. The Morgan fingerprint density at radius 2 is 1.11 bits per heavy atom. The summed E-state index contributed by atoms with van der Waals surface area (Å²) in [5.41, 5.74) is 14.6. The van der Waals surface area contributed by atoms with Crippen molar-refractivity contribution < 1.29 is 17.6 Å². The Morgan fingerprint density at radius 3 is 1.74 bits per heavy atom. The molecular weight excluding hydrogens is 820 g/mol. The summed E-state index contributed by atoms with van der Waals surface area (Å²) in [4.78, 5) is 4.29. The maximum absolute atomic E-state index is 15.9. The van der Waals surface area contributed by atoms with E-state index in [4.69, 9.17) is 4.42 Å². The molecule has 0 N–H and O–H groups in total. The van der Waals surface area contributed by atoms with Gasteiger partial charge < -0.3 is 14.2 Å². The van der Waals surface area contributed by atoms with E-state index in [1.807, 2.05) is 36.4 Å². The highest BCUT2D eigenvalue weighted by molar-refractivity contribution is 7.00. The Hall–Kier alpha value is -5.69. The van der Waals surface area contributed by atoms with Crippen molar-refractivity contribution in [2.45, 2.75) is 135 Å². The Balaban J connectivity index is 1.30. The lowest BCUT2D eigenvalue weighted by Gasteiger charge is -2.47. The van der Waals surface area contributed by atoms with Crippen molar-refractivity contribution in [2.24, 2.45) is 0 Å². The molecule has 7 heteroatoms. The van der Waals surface area contributed by atoms with Crippen LogP contribution in [0, 0.1) is 0 Å². The van der Waals surface area contributed by atoms with E-state index in [0.717, 1.165) is 87.1 Å². The Bertz CT molecular complexity index is 3150. The molecule has 1 aromatic heterocycles. The maximum atomic E-state index is 15.9. The third-order valence-electron chi connectivity index (χ3n) is 16.2. The molecule has 0 unspecified atom stereocenters. The average Bonchev–Trinajstić information content (AvgIpc) is 3.65. The fourth-order valence-electron chi connectivity index (χ4n) is 11.9. The molecule has 3 heterocycles. The molecule has 2 aliphatic heterocycles. The van der Waals surface area contributed by atoms with Crippen LogP contribution in [0.5, 0.6) is 0 Å². The van der Waals surface area contributed by atoms with Gasteiger partial charge in [-0.1, -0.05) is 137 Å². The van der Waals surface area contributed by atoms with E-state index in [9.17, 15) is 0 Å². The molecule has 0 bridgehead atoms. The van der Waals surface area contributed by atoms with Crippen molar-refractivity contribution in [2.75, 3.05) is 9.80 Å². The van der Waals surface area contributed by atoms with Crippen LogP contribution in [0.3, 0.4) is 0 Å². The van der Waals surface area contributed by atoms with E-state index in [0.29, 0.717) is 17.0 Å². The highest BCUT2D eigenvalue weighted by Crippen LogP contribution is 2.55. The topological polar surface area (TPSA) is 19.6 Å². The minimum atomic E-state index is -4.64. The molecule has 336 valence electrons. The lowest BCUT2D eigenvalue weighted by molar-refractivity contribution is -0.137. The Labute approximate surface area is 389 Å². The fraction of sp³-hybridized carbons (Fsp3) is 0.356. The van der Waals surface area contributed by atoms with Crippen molar-refractivity contribution in [1.82, 2.24) is 0 Å². The molecule has 66 heavy (non-hydrogen) atoms. The Kier molecular flexibility index (Phi) is 9.06. The number of para-hydroxylation sites is 1. The number of furan rings is 1. The monoisotopic (exact) mass is 880 g/mol. The van der Waals surface area contributed by atoms with Crippen LogP contribution < -0.4 is 26.4 Å². The van der Waals surface area contributed by atoms with Gasteiger partial charge >= 0.3 is 6.18 Å². The van der Waals surface area contributed by atoms with Crippen LogP contribution >= 0.6 is 0 Å². The van der Waals surface area contributed by atoms with E-state index in [1.54, 1.807) is 0 Å². The molecule has 6 aromatic carbocycles. The van der Waals surface area contributed by atoms with Crippen LogP contribution in [-0.2, 0) is 33.3 Å². The quantitative estimate of drug-likeness (QED) is 0.165. The molecule has 11 rings (SSSR count). The summed E-state index contributed by atoms with van der Waals surface area (Å²) < 4.78 is 55.0. The van der Waals surface area contributed by atoms with E-state index >= 15 is 13.2 Å².